The zero-order valence-corrected chi connectivity index (χ0v) is 7.10. The maximum absolute atomic E-state index is 5.65. The van der Waals surface area contributed by atoms with Gasteiger partial charge in [0.2, 0.25) is 0 Å². The van der Waals surface area contributed by atoms with E-state index in [0.29, 0.717) is 0 Å². The van der Waals surface area contributed by atoms with Crippen molar-refractivity contribution >= 4 is 17.3 Å². The predicted octanol–water partition coefficient (Wildman–Crippen LogP) is 2.77. The van der Waals surface area contributed by atoms with Crippen LogP contribution in [0, 0.1) is 0 Å². The lowest BCUT2D eigenvalue weighted by atomic mass is 10.3. The fourth-order valence-electron chi connectivity index (χ4n) is 0.459. The predicted molar refractivity (Wildman–Crippen MR) is 47.8 cm³/mol. The molecule has 2 heteroatoms. The largest absolute Gasteiger partial charge is 0.262 e. The summed E-state index contributed by atoms with van der Waals surface area (Å²) in [7, 11) is 0. The van der Waals surface area contributed by atoms with Crippen LogP contribution in [0.15, 0.2) is 29.9 Å². The monoisotopic (exact) mass is 157 g/mol. The summed E-state index contributed by atoms with van der Waals surface area (Å²) in [5.41, 5.74) is 0.919. The number of allylic oxidation sites excluding steroid dienone is 2. The van der Waals surface area contributed by atoms with Crippen LogP contribution in [0.4, 0.5) is 0 Å². The van der Waals surface area contributed by atoms with Gasteiger partial charge in [-0.1, -0.05) is 12.7 Å². The van der Waals surface area contributed by atoms with Crippen LogP contribution >= 0.6 is 11.6 Å². The van der Waals surface area contributed by atoms with Crippen LogP contribution in [0.3, 0.4) is 0 Å². The van der Waals surface area contributed by atoms with Gasteiger partial charge in [-0.05, 0) is 19.9 Å². The molecule has 0 aliphatic rings. The molecular weight excluding hydrogens is 146 g/mol. The normalized spacial score (nSPS) is 15.7. The fourth-order valence-corrected chi connectivity index (χ4v) is 0.532. The molecule has 0 bridgehead atoms. The maximum atomic E-state index is 5.65. The minimum atomic E-state index is 0.0648. The van der Waals surface area contributed by atoms with Gasteiger partial charge in [0.15, 0.2) is 0 Å². The average Bonchev–Trinajstić information content (AvgIpc) is 1.85. The molecule has 0 aliphatic heterocycles. The second-order valence-electron chi connectivity index (χ2n) is 1.99. The molecule has 0 radical (unpaired) electrons. The molecule has 0 aliphatic carbocycles. The summed E-state index contributed by atoms with van der Waals surface area (Å²) in [5.74, 6) is 0. The zero-order valence-electron chi connectivity index (χ0n) is 6.34. The Morgan fingerprint density at radius 3 is 2.70 bits per heavy atom. The van der Waals surface area contributed by atoms with Crippen molar-refractivity contribution in [2.75, 3.05) is 0 Å². The molecule has 0 spiro atoms. The summed E-state index contributed by atoms with van der Waals surface area (Å²) < 4.78 is 0. The van der Waals surface area contributed by atoms with Crippen LogP contribution in [-0.2, 0) is 0 Å². The Labute approximate surface area is 67.1 Å². The van der Waals surface area contributed by atoms with Crippen molar-refractivity contribution in [3.05, 3.63) is 24.9 Å². The molecule has 0 amide bonds. The van der Waals surface area contributed by atoms with Crippen LogP contribution in [0.5, 0.6) is 0 Å². The van der Waals surface area contributed by atoms with E-state index in [0.717, 1.165) is 5.71 Å². The number of aliphatic imine (C=N–C) groups is 1. The lowest BCUT2D eigenvalue weighted by Gasteiger charge is -1.90. The van der Waals surface area contributed by atoms with Crippen LogP contribution in [0.2, 0.25) is 0 Å². The van der Waals surface area contributed by atoms with Crippen molar-refractivity contribution in [1.82, 2.24) is 0 Å². The smallest absolute Gasteiger partial charge is 0.0491 e. The molecule has 0 rings (SSSR count). The summed E-state index contributed by atoms with van der Waals surface area (Å²) in [6.45, 7) is 7.28. The van der Waals surface area contributed by atoms with Crippen molar-refractivity contribution in [2.24, 2.45) is 4.99 Å². The van der Waals surface area contributed by atoms with Gasteiger partial charge in [0.25, 0.3) is 0 Å². The molecule has 0 fully saturated rings. The SMILES string of the molecule is C=C/N=C(C)\C=C/C(C)Cl. The van der Waals surface area contributed by atoms with Gasteiger partial charge in [-0.25, -0.2) is 0 Å². The third kappa shape index (κ3) is 5.57. The lowest BCUT2D eigenvalue weighted by Crippen LogP contribution is -1.86. The summed E-state index contributed by atoms with van der Waals surface area (Å²) in [6, 6.07) is 0. The van der Waals surface area contributed by atoms with Gasteiger partial charge in [-0.3, -0.25) is 4.99 Å². The van der Waals surface area contributed by atoms with Gasteiger partial charge >= 0.3 is 0 Å². The lowest BCUT2D eigenvalue weighted by molar-refractivity contribution is 1.23. The maximum Gasteiger partial charge on any atom is 0.0491 e. The number of halogens is 1. The molecule has 0 saturated heterocycles. The topological polar surface area (TPSA) is 12.4 Å². The Bertz CT molecular complexity index is 157. The van der Waals surface area contributed by atoms with Crippen LogP contribution in [0.1, 0.15) is 13.8 Å². The Hall–Kier alpha value is -0.560. The molecule has 0 aromatic rings. The van der Waals surface area contributed by atoms with Crippen molar-refractivity contribution in [1.29, 1.82) is 0 Å². The van der Waals surface area contributed by atoms with Crippen molar-refractivity contribution < 1.29 is 0 Å². The number of alkyl halides is 1. The molecule has 0 heterocycles. The summed E-state index contributed by atoms with van der Waals surface area (Å²) in [5, 5.41) is 0.0648. The third-order valence-electron chi connectivity index (χ3n) is 0.898. The summed E-state index contributed by atoms with van der Waals surface area (Å²) in [4.78, 5) is 3.93. The molecule has 1 atom stereocenters. The van der Waals surface area contributed by atoms with E-state index < -0.39 is 0 Å². The van der Waals surface area contributed by atoms with E-state index in [9.17, 15) is 0 Å². The standard InChI is InChI=1S/C8H12ClN/c1-4-10-8(3)6-5-7(2)9/h4-7H,1H2,2-3H3/b6-5-,10-8-. The first-order valence-electron chi connectivity index (χ1n) is 3.14. The fraction of sp³-hybridized carbons (Fsp3) is 0.375. The first-order valence-corrected chi connectivity index (χ1v) is 3.58. The molecule has 56 valence electrons. The highest BCUT2D eigenvalue weighted by atomic mass is 35.5. The molecule has 10 heavy (non-hydrogen) atoms. The number of hydrogen-bond acceptors (Lipinski definition) is 1. The molecular formula is C8H12ClN. The van der Waals surface area contributed by atoms with E-state index in [1.807, 2.05) is 26.0 Å². The average molecular weight is 158 g/mol. The highest BCUT2D eigenvalue weighted by Gasteiger charge is 1.85. The van der Waals surface area contributed by atoms with Crippen molar-refractivity contribution in [3.8, 4) is 0 Å². The number of rotatable bonds is 3. The molecule has 0 aromatic carbocycles. The van der Waals surface area contributed by atoms with Crippen molar-refractivity contribution in [2.45, 2.75) is 19.2 Å². The van der Waals surface area contributed by atoms with Crippen LogP contribution < -0.4 is 0 Å². The second-order valence-corrected chi connectivity index (χ2v) is 2.68. The number of hydrogen-bond donors (Lipinski definition) is 0. The first kappa shape index (κ1) is 9.44. The molecule has 0 aromatic heterocycles. The van der Waals surface area contributed by atoms with E-state index in [1.54, 1.807) is 0 Å². The number of nitrogens with zero attached hydrogens (tertiary/aromatic N) is 1. The highest BCUT2D eigenvalue weighted by Crippen LogP contribution is 1.95. The Balaban J connectivity index is 3.88. The molecule has 1 nitrogen and oxygen atoms in total. The molecule has 0 saturated carbocycles. The minimum Gasteiger partial charge on any atom is -0.262 e. The first-order chi connectivity index (χ1) is 4.66. The van der Waals surface area contributed by atoms with Gasteiger partial charge < -0.3 is 0 Å². The van der Waals surface area contributed by atoms with Crippen molar-refractivity contribution in [3.63, 3.8) is 0 Å². The molecule has 0 N–H and O–H groups in total. The van der Waals surface area contributed by atoms with E-state index in [2.05, 4.69) is 11.6 Å². The van der Waals surface area contributed by atoms with E-state index >= 15 is 0 Å². The summed E-state index contributed by atoms with van der Waals surface area (Å²) >= 11 is 5.65. The minimum absolute atomic E-state index is 0.0648. The van der Waals surface area contributed by atoms with Gasteiger partial charge in [-0.2, -0.15) is 0 Å². The zero-order chi connectivity index (χ0) is 7.98. The van der Waals surface area contributed by atoms with E-state index in [1.165, 1.54) is 6.20 Å². The van der Waals surface area contributed by atoms with E-state index in [4.69, 9.17) is 11.6 Å². The van der Waals surface area contributed by atoms with Crippen LogP contribution in [0.25, 0.3) is 0 Å². The Morgan fingerprint density at radius 2 is 2.30 bits per heavy atom. The second kappa shape index (κ2) is 5.24. The van der Waals surface area contributed by atoms with Gasteiger partial charge in [0.05, 0.1) is 0 Å². The molecule has 1 unspecified atom stereocenters. The third-order valence-corrected chi connectivity index (χ3v) is 1.04. The summed E-state index contributed by atoms with van der Waals surface area (Å²) in [6.07, 6.45) is 5.27. The quantitative estimate of drug-likeness (QED) is 0.441. The highest BCUT2D eigenvalue weighted by molar-refractivity contribution is 6.21. The van der Waals surface area contributed by atoms with Gasteiger partial charge in [0.1, 0.15) is 0 Å². The Morgan fingerprint density at radius 1 is 1.70 bits per heavy atom. The van der Waals surface area contributed by atoms with Gasteiger partial charge in [0, 0.05) is 17.3 Å². The van der Waals surface area contributed by atoms with Crippen LogP contribution in [-0.4, -0.2) is 11.1 Å². The Kier molecular flexibility index (Phi) is 4.95. The van der Waals surface area contributed by atoms with Gasteiger partial charge in [-0.15, -0.1) is 11.6 Å². The van der Waals surface area contributed by atoms with E-state index in [-0.39, 0.29) is 5.38 Å².